The Labute approximate surface area is 263 Å². The predicted octanol–water partition coefficient (Wildman–Crippen LogP) is 10.0. The zero-order valence-corrected chi connectivity index (χ0v) is 25.9. The first-order valence-corrected chi connectivity index (χ1v) is 13.8. The zero-order valence-electron chi connectivity index (χ0n) is 23.5. The minimum atomic E-state index is 0. The molecule has 3 aromatic heterocycles. The number of fused-ring (bicyclic) bond motifs is 6. The molecule has 7 aromatic rings. The summed E-state index contributed by atoms with van der Waals surface area (Å²) in [6, 6.07) is 39.8. The third-order valence-corrected chi connectivity index (χ3v) is 7.16. The maximum atomic E-state index is 6.38. The van der Waals surface area contributed by atoms with E-state index in [0.29, 0.717) is 34.5 Å². The van der Waals surface area contributed by atoms with Crippen LogP contribution in [0, 0.1) is 12.1 Å². The summed E-state index contributed by atoms with van der Waals surface area (Å²) in [7, 11) is 0. The molecule has 4 aromatic carbocycles. The molecule has 1 aliphatic heterocycles. The van der Waals surface area contributed by atoms with Crippen LogP contribution in [0.15, 0.2) is 120 Å². The van der Waals surface area contributed by atoms with Gasteiger partial charge in [-0.2, -0.15) is 0 Å². The Morgan fingerprint density at radius 1 is 0.628 bits per heavy atom. The molecule has 0 fully saturated rings. The van der Waals surface area contributed by atoms with E-state index >= 15 is 0 Å². The Bertz CT molecular complexity index is 1980. The third-order valence-electron chi connectivity index (χ3n) is 7.16. The van der Waals surface area contributed by atoms with E-state index in [0.717, 1.165) is 38.9 Å². The van der Waals surface area contributed by atoms with Crippen molar-refractivity contribution in [2.24, 2.45) is 0 Å². The van der Waals surface area contributed by atoms with Gasteiger partial charge in [-0.05, 0) is 53.7 Å². The van der Waals surface area contributed by atoms with E-state index in [9.17, 15) is 0 Å². The fraction of sp³-hybridized carbons (Fsp3) is 0.0811. The molecule has 0 amide bonds. The number of hydrogen-bond acceptors (Lipinski definition) is 5. The van der Waals surface area contributed by atoms with E-state index in [-0.39, 0.29) is 20.1 Å². The second-order valence-corrected chi connectivity index (χ2v) is 10.2. The van der Waals surface area contributed by atoms with Crippen LogP contribution in [0.3, 0.4) is 0 Å². The number of nitrogens with zero attached hydrogens (tertiary/aromatic N) is 2. The number of rotatable bonds is 3. The number of pyridine rings is 2. The Balaban J connectivity index is 0.000000213. The van der Waals surface area contributed by atoms with Gasteiger partial charge in [-0.3, -0.25) is 0 Å². The van der Waals surface area contributed by atoms with Gasteiger partial charge in [0.2, 0.25) is 5.75 Å². The Hall–Kier alpha value is -4.77. The maximum absolute atomic E-state index is 6.38. The summed E-state index contributed by atoms with van der Waals surface area (Å²) in [5, 5.41) is 1.97. The normalized spacial score (nSPS) is 11.4. The molecule has 6 heteroatoms. The van der Waals surface area contributed by atoms with Crippen LogP contribution in [0.25, 0.3) is 44.5 Å². The SMILES string of the molecule is CC(C)c1ccnc(-c2[c-]ccc3c2oc2c4c(ccc23)Oc2ccccc2O4)c1.[Ir].[c-]1ccccc1-c1ccccn1. The van der Waals surface area contributed by atoms with E-state index in [1.807, 2.05) is 103 Å². The van der Waals surface area contributed by atoms with E-state index in [1.165, 1.54) is 5.56 Å². The molecule has 1 radical (unpaired) electrons. The van der Waals surface area contributed by atoms with Crippen molar-refractivity contribution in [3.63, 3.8) is 0 Å². The van der Waals surface area contributed by atoms with Crippen molar-refractivity contribution in [2.45, 2.75) is 19.8 Å². The van der Waals surface area contributed by atoms with Crippen LogP contribution in [0.5, 0.6) is 23.0 Å². The average molecular weight is 739 g/mol. The van der Waals surface area contributed by atoms with Gasteiger partial charge >= 0.3 is 0 Å². The van der Waals surface area contributed by atoms with Gasteiger partial charge in [0.25, 0.3) is 0 Å². The van der Waals surface area contributed by atoms with Crippen molar-refractivity contribution in [3.8, 4) is 45.5 Å². The van der Waals surface area contributed by atoms with Gasteiger partial charge in [0, 0.05) is 37.9 Å². The summed E-state index contributed by atoms with van der Waals surface area (Å²) in [6.45, 7) is 4.35. The number of aromatic nitrogens is 2. The standard InChI is InChI=1S/C26H18NO3.C11H8N.Ir/c1-15(2)16-12-13-27-20(14-16)19-7-5-6-17-18-10-11-23-26(25(18)30-24(17)19)29-22-9-4-3-8-21(22)28-23;1-2-6-10(7-3-1)11-8-4-5-9-12-11;/h3-6,8-15H,1-2H3;1-6,8-9H;/q2*-1;. The Morgan fingerprint density at radius 2 is 1.40 bits per heavy atom. The number of ether oxygens (including phenoxy) is 2. The molecule has 0 aliphatic carbocycles. The molecule has 0 saturated heterocycles. The van der Waals surface area contributed by atoms with Gasteiger partial charge in [-0.25, -0.2) is 0 Å². The molecule has 0 bridgehead atoms. The van der Waals surface area contributed by atoms with Gasteiger partial charge in [0.15, 0.2) is 22.8 Å². The molecular formula is C37H26IrN2O3-2. The van der Waals surface area contributed by atoms with Crippen molar-refractivity contribution in [2.75, 3.05) is 0 Å². The summed E-state index contributed by atoms with van der Waals surface area (Å²) in [5.41, 5.74) is 6.34. The molecule has 0 spiro atoms. The van der Waals surface area contributed by atoms with Crippen LogP contribution >= 0.6 is 0 Å². The van der Waals surface area contributed by atoms with Crippen molar-refractivity contribution in [1.82, 2.24) is 9.97 Å². The number of hydrogen-bond donors (Lipinski definition) is 0. The van der Waals surface area contributed by atoms with Crippen LogP contribution in [0.1, 0.15) is 25.3 Å². The molecule has 4 heterocycles. The van der Waals surface area contributed by atoms with E-state index < -0.39 is 0 Å². The Kier molecular flexibility index (Phi) is 8.06. The van der Waals surface area contributed by atoms with E-state index in [1.54, 1.807) is 6.20 Å². The minimum absolute atomic E-state index is 0. The molecule has 213 valence electrons. The first kappa shape index (κ1) is 28.4. The van der Waals surface area contributed by atoms with Crippen molar-refractivity contribution in [1.29, 1.82) is 0 Å². The van der Waals surface area contributed by atoms with Gasteiger partial charge < -0.3 is 23.9 Å². The summed E-state index contributed by atoms with van der Waals surface area (Å²) < 4.78 is 18.6. The molecule has 0 atom stereocenters. The molecule has 43 heavy (non-hydrogen) atoms. The van der Waals surface area contributed by atoms with Crippen LogP contribution < -0.4 is 9.47 Å². The molecular weight excluding hydrogens is 713 g/mol. The molecule has 8 rings (SSSR count). The van der Waals surface area contributed by atoms with Crippen LogP contribution in [0.4, 0.5) is 0 Å². The number of benzene rings is 4. The average Bonchev–Trinajstić information content (AvgIpc) is 3.44. The van der Waals surface area contributed by atoms with E-state index in [4.69, 9.17) is 13.9 Å². The summed E-state index contributed by atoms with van der Waals surface area (Å²) in [4.78, 5) is 8.80. The second-order valence-electron chi connectivity index (χ2n) is 10.2. The van der Waals surface area contributed by atoms with Gasteiger partial charge in [0.1, 0.15) is 0 Å². The molecule has 0 unspecified atom stereocenters. The van der Waals surface area contributed by atoms with Gasteiger partial charge in [-0.15, -0.1) is 54.1 Å². The minimum Gasteiger partial charge on any atom is -0.497 e. The second kappa shape index (κ2) is 12.2. The molecule has 1 aliphatic rings. The summed E-state index contributed by atoms with van der Waals surface area (Å²) >= 11 is 0. The van der Waals surface area contributed by atoms with E-state index in [2.05, 4.69) is 42.0 Å². The topological polar surface area (TPSA) is 57.4 Å². The third kappa shape index (κ3) is 5.55. The van der Waals surface area contributed by atoms with Crippen LogP contribution in [0.2, 0.25) is 0 Å². The monoisotopic (exact) mass is 739 g/mol. The summed E-state index contributed by atoms with van der Waals surface area (Å²) in [6.07, 6.45) is 3.63. The molecule has 0 N–H and O–H groups in total. The van der Waals surface area contributed by atoms with Crippen molar-refractivity contribution >= 4 is 21.9 Å². The quantitative estimate of drug-likeness (QED) is 0.169. The van der Waals surface area contributed by atoms with Crippen LogP contribution in [-0.4, -0.2) is 9.97 Å². The Morgan fingerprint density at radius 3 is 2.16 bits per heavy atom. The predicted molar refractivity (Wildman–Crippen MR) is 165 cm³/mol. The smallest absolute Gasteiger partial charge is 0.212 e. The van der Waals surface area contributed by atoms with Gasteiger partial charge in [-0.1, -0.05) is 60.7 Å². The molecule has 0 saturated carbocycles. The number of para-hydroxylation sites is 2. The summed E-state index contributed by atoms with van der Waals surface area (Å²) in [5.74, 6) is 3.03. The fourth-order valence-electron chi connectivity index (χ4n) is 4.99. The fourth-order valence-corrected chi connectivity index (χ4v) is 4.99. The largest absolute Gasteiger partial charge is 0.497 e. The number of furan rings is 1. The zero-order chi connectivity index (χ0) is 28.5. The van der Waals surface area contributed by atoms with Crippen LogP contribution in [-0.2, 0) is 20.1 Å². The first-order valence-electron chi connectivity index (χ1n) is 13.8. The van der Waals surface area contributed by atoms with Crippen molar-refractivity contribution < 1.29 is 34.0 Å². The molecule has 5 nitrogen and oxygen atoms in total. The first-order chi connectivity index (χ1) is 20.7. The maximum Gasteiger partial charge on any atom is 0.212 e. The van der Waals surface area contributed by atoms with Gasteiger partial charge in [0.05, 0.1) is 5.58 Å². The van der Waals surface area contributed by atoms with Crippen molar-refractivity contribution in [3.05, 3.63) is 133 Å².